The normalized spacial score (nSPS) is 48.0. The molecule has 0 aromatic carbocycles. The first kappa shape index (κ1) is 31.5. The van der Waals surface area contributed by atoms with Gasteiger partial charge in [0.15, 0.2) is 18.9 Å². The zero-order valence-corrected chi connectivity index (χ0v) is 21.8. The number of ether oxygens (including phenoxy) is 6. The molecule has 15 nitrogen and oxygen atoms in total. The van der Waals surface area contributed by atoms with Crippen molar-refractivity contribution >= 4 is 5.91 Å². The summed E-state index contributed by atoms with van der Waals surface area (Å²) in [4.78, 5) is 11.7. The van der Waals surface area contributed by atoms with E-state index in [0.717, 1.165) is 0 Å². The highest BCUT2D eigenvalue weighted by Gasteiger charge is 2.53. The third-order valence-electron chi connectivity index (χ3n) is 6.88. The average Bonchev–Trinajstić information content (AvgIpc) is 2.87. The maximum atomic E-state index is 11.7. The molecule has 0 saturated carbocycles. The van der Waals surface area contributed by atoms with Crippen molar-refractivity contribution < 1.29 is 69.0 Å². The minimum Gasteiger partial charge on any atom is -0.394 e. The van der Waals surface area contributed by atoms with Gasteiger partial charge >= 0.3 is 0 Å². The predicted molar refractivity (Wildman–Crippen MR) is 124 cm³/mol. The van der Waals surface area contributed by atoms with Crippen LogP contribution in [0.4, 0.5) is 0 Å². The van der Waals surface area contributed by atoms with Crippen LogP contribution in [0.2, 0.25) is 0 Å². The van der Waals surface area contributed by atoms with Crippen LogP contribution in [0, 0.1) is 0 Å². The third kappa shape index (κ3) is 6.80. The molecule has 3 aliphatic rings. The SMILES string of the molecule is CCCO[C@@H]1O[C@@H](C)[C@H](O)[C@@H](O[C@@H]2O[C@@H](C)[C@H](O)[C@@H](O[C@@H]3O[C@H](CO)[C@@H](O)[C@H](O)[C@H]3NC(C)=O)[C@H]2O)[C@H]1O. The standard InChI is InChI=1S/C23H41NO14/c1-5-6-33-22-17(31)19(13(27)8(2)34-22)38-23-18(32)20(14(28)9(3)35-23)37-21-12(24-10(4)26)16(30)15(29)11(7-25)36-21/h8-9,11-23,25,27-32H,5-7H2,1-4H3,(H,24,26)/t8-,9-,11+,12+,13-,14-,15+,16+,17+,18+,19+,20+,21-,22+,23-/m0/s1. The first-order valence-corrected chi connectivity index (χ1v) is 12.8. The fraction of sp³-hybridized carbons (Fsp3) is 0.957. The molecule has 3 aliphatic heterocycles. The number of carbonyl (C=O) groups is 1. The molecule has 8 N–H and O–H groups in total. The van der Waals surface area contributed by atoms with E-state index in [0.29, 0.717) is 6.42 Å². The second-order valence-electron chi connectivity index (χ2n) is 9.89. The molecule has 0 aromatic rings. The summed E-state index contributed by atoms with van der Waals surface area (Å²) in [6.45, 7) is 5.66. The number of nitrogens with one attached hydrogen (secondary N) is 1. The molecule has 3 fully saturated rings. The average molecular weight is 556 g/mol. The van der Waals surface area contributed by atoms with Gasteiger partial charge in [-0.15, -0.1) is 0 Å². The largest absolute Gasteiger partial charge is 0.394 e. The van der Waals surface area contributed by atoms with Crippen molar-refractivity contribution in [2.45, 2.75) is 126 Å². The lowest BCUT2D eigenvalue weighted by Gasteiger charge is -2.48. The Bertz CT molecular complexity index is 762. The van der Waals surface area contributed by atoms with Crippen LogP contribution in [0.25, 0.3) is 0 Å². The van der Waals surface area contributed by atoms with Gasteiger partial charge in [-0.2, -0.15) is 0 Å². The van der Waals surface area contributed by atoms with Crippen LogP contribution < -0.4 is 5.32 Å². The van der Waals surface area contributed by atoms with Gasteiger partial charge in [-0.25, -0.2) is 0 Å². The van der Waals surface area contributed by atoms with Gasteiger partial charge in [0.05, 0.1) is 18.8 Å². The van der Waals surface area contributed by atoms with E-state index < -0.39 is 105 Å². The van der Waals surface area contributed by atoms with Crippen molar-refractivity contribution in [2.75, 3.05) is 13.2 Å². The summed E-state index contributed by atoms with van der Waals surface area (Å²) in [6, 6.07) is -1.32. The highest BCUT2D eigenvalue weighted by atomic mass is 16.7. The second kappa shape index (κ2) is 13.5. The summed E-state index contributed by atoms with van der Waals surface area (Å²) in [5.41, 5.74) is 0. The summed E-state index contributed by atoms with van der Waals surface area (Å²) in [6.07, 6.45) is -18.4. The van der Waals surface area contributed by atoms with Crippen molar-refractivity contribution in [1.29, 1.82) is 0 Å². The highest BCUT2D eigenvalue weighted by Crippen LogP contribution is 2.32. The number of aliphatic hydroxyl groups is 7. The Labute approximate surface area is 220 Å². The van der Waals surface area contributed by atoms with E-state index >= 15 is 0 Å². The molecule has 3 saturated heterocycles. The van der Waals surface area contributed by atoms with Gasteiger partial charge in [0.2, 0.25) is 5.91 Å². The van der Waals surface area contributed by atoms with Crippen LogP contribution in [-0.4, -0.2) is 147 Å². The van der Waals surface area contributed by atoms with Crippen LogP contribution in [0.3, 0.4) is 0 Å². The molecule has 3 heterocycles. The van der Waals surface area contributed by atoms with E-state index in [1.807, 2.05) is 6.92 Å². The molecule has 15 atom stereocenters. The summed E-state index contributed by atoms with van der Waals surface area (Å²) < 4.78 is 33.8. The lowest BCUT2D eigenvalue weighted by molar-refractivity contribution is -0.371. The van der Waals surface area contributed by atoms with E-state index in [1.54, 1.807) is 6.92 Å². The number of rotatable bonds is 9. The quantitative estimate of drug-likeness (QED) is 0.136. The molecule has 38 heavy (non-hydrogen) atoms. The molecule has 0 aromatic heterocycles. The molecule has 1 amide bonds. The Hall–Kier alpha value is -1.05. The minimum absolute atomic E-state index is 0.283. The Morgan fingerprint density at radius 3 is 1.82 bits per heavy atom. The minimum atomic E-state index is -1.72. The summed E-state index contributed by atoms with van der Waals surface area (Å²) in [7, 11) is 0. The molecular formula is C23H41NO14. The molecule has 0 spiro atoms. The van der Waals surface area contributed by atoms with Gasteiger partial charge in [0, 0.05) is 13.5 Å². The Balaban J connectivity index is 1.79. The maximum Gasteiger partial charge on any atom is 0.217 e. The van der Waals surface area contributed by atoms with Gasteiger partial charge in [0.1, 0.15) is 61.0 Å². The van der Waals surface area contributed by atoms with Gasteiger partial charge in [0.25, 0.3) is 0 Å². The van der Waals surface area contributed by atoms with Gasteiger partial charge in [-0.05, 0) is 20.3 Å². The van der Waals surface area contributed by atoms with E-state index in [9.17, 15) is 40.5 Å². The Morgan fingerprint density at radius 2 is 1.29 bits per heavy atom. The summed E-state index contributed by atoms with van der Waals surface area (Å²) in [5, 5.41) is 75.9. The highest BCUT2D eigenvalue weighted by molar-refractivity contribution is 5.73. The molecule has 3 rings (SSSR count). The molecule has 0 bridgehead atoms. The van der Waals surface area contributed by atoms with Crippen LogP contribution in [0.1, 0.15) is 34.1 Å². The molecule has 222 valence electrons. The Kier molecular flexibility index (Phi) is 11.2. The van der Waals surface area contributed by atoms with E-state index in [1.165, 1.54) is 13.8 Å². The number of carbonyl (C=O) groups excluding carboxylic acids is 1. The number of hydrogen-bond donors (Lipinski definition) is 8. The fourth-order valence-corrected chi connectivity index (χ4v) is 4.70. The molecular weight excluding hydrogens is 514 g/mol. The molecule has 0 radical (unpaired) electrons. The lowest BCUT2D eigenvalue weighted by Crippen LogP contribution is -2.68. The number of aliphatic hydroxyl groups excluding tert-OH is 7. The first-order chi connectivity index (χ1) is 17.9. The number of amides is 1. The topological polar surface area (TPSA) is 226 Å². The third-order valence-corrected chi connectivity index (χ3v) is 6.88. The van der Waals surface area contributed by atoms with Crippen LogP contribution in [-0.2, 0) is 33.2 Å². The summed E-state index contributed by atoms with van der Waals surface area (Å²) in [5.74, 6) is -0.583. The lowest BCUT2D eigenvalue weighted by atomic mass is 9.95. The van der Waals surface area contributed by atoms with Gasteiger partial charge in [-0.3, -0.25) is 4.79 Å². The van der Waals surface area contributed by atoms with Gasteiger partial charge in [-0.1, -0.05) is 6.92 Å². The Morgan fingerprint density at radius 1 is 0.763 bits per heavy atom. The molecule has 15 heteroatoms. The van der Waals surface area contributed by atoms with E-state index in [2.05, 4.69) is 5.32 Å². The van der Waals surface area contributed by atoms with Crippen molar-refractivity contribution in [1.82, 2.24) is 5.32 Å². The van der Waals surface area contributed by atoms with Gasteiger partial charge < -0.3 is 69.5 Å². The monoisotopic (exact) mass is 555 g/mol. The van der Waals surface area contributed by atoms with Crippen LogP contribution >= 0.6 is 0 Å². The van der Waals surface area contributed by atoms with Crippen molar-refractivity contribution in [3.8, 4) is 0 Å². The zero-order valence-electron chi connectivity index (χ0n) is 21.8. The van der Waals surface area contributed by atoms with E-state index in [4.69, 9.17) is 28.4 Å². The van der Waals surface area contributed by atoms with Crippen molar-refractivity contribution in [2.24, 2.45) is 0 Å². The summed E-state index contributed by atoms with van der Waals surface area (Å²) >= 11 is 0. The smallest absolute Gasteiger partial charge is 0.217 e. The first-order valence-electron chi connectivity index (χ1n) is 12.8. The second-order valence-corrected chi connectivity index (χ2v) is 9.89. The van der Waals surface area contributed by atoms with Crippen LogP contribution in [0.5, 0.6) is 0 Å². The van der Waals surface area contributed by atoms with Crippen molar-refractivity contribution in [3.05, 3.63) is 0 Å². The molecule has 0 unspecified atom stereocenters. The fourth-order valence-electron chi connectivity index (χ4n) is 4.70. The zero-order chi connectivity index (χ0) is 28.3. The van der Waals surface area contributed by atoms with Crippen LogP contribution in [0.15, 0.2) is 0 Å². The maximum absolute atomic E-state index is 11.7. The number of hydrogen-bond acceptors (Lipinski definition) is 14. The van der Waals surface area contributed by atoms with E-state index in [-0.39, 0.29) is 6.61 Å². The van der Waals surface area contributed by atoms with Crippen molar-refractivity contribution in [3.63, 3.8) is 0 Å². The predicted octanol–water partition coefficient (Wildman–Crippen LogP) is -3.94. The molecule has 0 aliphatic carbocycles.